The van der Waals surface area contributed by atoms with E-state index in [0.29, 0.717) is 22.3 Å². The van der Waals surface area contributed by atoms with Crippen LogP contribution in [0, 0.1) is 17.0 Å². The van der Waals surface area contributed by atoms with Gasteiger partial charge in [-0.05, 0) is 25.1 Å². The Morgan fingerprint density at radius 3 is 2.78 bits per heavy atom. The lowest BCUT2D eigenvalue weighted by molar-refractivity contribution is -0.386. The highest BCUT2D eigenvalue weighted by Crippen LogP contribution is 2.30. The van der Waals surface area contributed by atoms with E-state index in [2.05, 4.69) is 9.97 Å². The molecule has 0 amide bonds. The second-order valence-corrected chi connectivity index (χ2v) is 5.00. The molecule has 3 rings (SSSR count). The van der Waals surface area contributed by atoms with E-state index in [1.165, 1.54) is 6.07 Å². The van der Waals surface area contributed by atoms with E-state index in [1.54, 1.807) is 43.3 Å². The Morgan fingerprint density at radius 2 is 2.00 bits per heavy atom. The number of nitrogens with one attached hydrogen (secondary N) is 1. The van der Waals surface area contributed by atoms with Crippen LogP contribution in [0.3, 0.4) is 0 Å². The molecule has 23 heavy (non-hydrogen) atoms. The van der Waals surface area contributed by atoms with Gasteiger partial charge in [0.15, 0.2) is 5.75 Å². The molecule has 0 aliphatic rings. The van der Waals surface area contributed by atoms with Crippen LogP contribution in [-0.2, 0) is 6.61 Å². The summed E-state index contributed by atoms with van der Waals surface area (Å²) in [7, 11) is 0. The van der Waals surface area contributed by atoms with Crippen LogP contribution in [0.15, 0.2) is 47.3 Å². The van der Waals surface area contributed by atoms with E-state index in [-0.39, 0.29) is 23.6 Å². The Hall–Kier alpha value is -3.22. The van der Waals surface area contributed by atoms with E-state index < -0.39 is 4.92 Å². The van der Waals surface area contributed by atoms with Crippen molar-refractivity contribution in [1.82, 2.24) is 9.97 Å². The normalized spacial score (nSPS) is 10.7. The van der Waals surface area contributed by atoms with Crippen molar-refractivity contribution < 1.29 is 9.66 Å². The molecule has 3 aromatic rings. The zero-order valence-corrected chi connectivity index (χ0v) is 12.3. The summed E-state index contributed by atoms with van der Waals surface area (Å²) in [6, 6.07) is 11.8. The predicted octanol–water partition coefficient (Wildman–Crippen LogP) is 2.72. The third-order valence-electron chi connectivity index (χ3n) is 3.41. The van der Waals surface area contributed by atoms with Crippen molar-refractivity contribution in [2.75, 3.05) is 0 Å². The van der Waals surface area contributed by atoms with Crippen molar-refractivity contribution in [2.45, 2.75) is 13.5 Å². The molecule has 0 aliphatic heterocycles. The summed E-state index contributed by atoms with van der Waals surface area (Å²) in [5.41, 5.74) is 0.699. The third kappa shape index (κ3) is 2.89. The molecule has 2 aromatic carbocycles. The number of nitrogens with zero attached hydrogens (tertiary/aromatic N) is 2. The number of ether oxygens (including phenoxy) is 1. The lowest BCUT2D eigenvalue weighted by Crippen LogP contribution is -2.13. The Bertz CT molecular complexity index is 949. The number of aromatic amines is 1. The number of aromatic nitrogens is 2. The quantitative estimate of drug-likeness (QED) is 0.590. The first-order valence-electron chi connectivity index (χ1n) is 6.91. The molecule has 0 unspecified atom stereocenters. The standard InChI is InChI=1S/C16H13N3O4/c1-10-5-4-8-13(15(10)19(21)22)23-9-14-17-12-7-3-2-6-11(12)16(20)18-14/h2-8H,9H2,1H3,(H,17,18,20). The summed E-state index contributed by atoms with van der Waals surface area (Å²) in [5.74, 6) is 0.454. The molecule has 1 aromatic heterocycles. The SMILES string of the molecule is Cc1cccc(OCc2nc3ccccc3c(=O)[nH]2)c1[N+](=O)[O-]. The van der Waals surface area contributed by atoms with Crippen LogP contribution < -0.4 is 10.3 Å². The Labute approximate surface area is 130 Å². The van der Waals surface area contributed by atoms with Crippen molar-refractivity contribution in [3.8, 4) is 5.75 Å². The van der Waals surface area contributed by atoms with Crippen LogP contribution in [0.4, 0.5) is 5.69 Å². The maximum atomic E-state index is 12.0. The summed E-state index contributed by atoms with van der Waals surface area (Å²) >= 11 is 0. The van der Waals surface area contributed by atoms with Gasteiger partial charge in [0.05, 0.1) is 15.8 Å². The van der Waals surface area contributed by atoms with Crippen LogP contribution in [0.2, 0.25) is 0 Å². The molecule has 116 valence electrons. The summed E-state index contributed by atoms with van der Waals surface area (Å²) in [6.07, 6.45) is 0. The Balaban J connectivity index is 1.91. The first kappa shape index (κ1) is 14.7. The van der Waals surface area contributed by atoms with Gasteiger partial charge in [-0.1, -0.05) is 24.3 Å². The van der Waals surface area contributed by atoms with Gasteiger partial charge in [-0.25, -0.2) is 4.98 Å². The molecule has 0 aliphatic carbocycles. The summed E-state index contributed by atoms with van der Waals surface area (Å²) < 4.78 is 5.49. The molecule has 0 bridgehead atoms. The molecule has 7 heteroatoms. The number of aryl methyl sites for hydroxylation is 1. The summed E-state index contributed by atoms with van der Waals surface area (Å²) in [4.78, 5) is 29.6. The van der Waals surface area contributed by atoms with E-state index in [9.17, 15) is 14.9 Å². The molecule has 0 radical (unpaired) electrons. The minimum atomic E-state index is -0.485. The maximum absolute atomic E-state index is 12.0. The fourth-order valence-corrected chi connectivity index (χ4v) is 2.33. The van der Waals surface area contributed by atoms with Crippen molar-refractivity contribution >= 4 is 16.6 Å². The Kier molecular flexibility index (Phi) is 3.76. The molecule has 1 heterocycles. The topological polar surface area (TPSA) is 98.1 Å². The minimum Gasteiger partial charge on any atom is -0.479 e. The Morgan fingerprint density at radius 1 is 1.22 bits per heavy atom. The first-order chi connectivity index (χ1) is 11.1. The fourth-order valence-electron chi connectivity index (χ4n) is 2.33. The van der Waals surface area contributed by atoms with Crippen LogP contribution in [0.25, 0.3) is 10.9 Å². The van der Waals surface area contributed by atoms with Crippen LogP contribution in [0.1, 0.15) is 11.4 Å². The summed E-state index contributed by atoms with van der Waals surface area (Å²) in [5, 5.41) is 11.6. The molecule has 7 nitrogen and oxygen atoms in total. The van der Waals surface area contributed by atoms with Crippen LogP contribution >= 0.6 is 0 Å². The zero-order chi connectivity index (χ0) is 16.4. The molecular weight excluding hydrogens is 298 g/mol. The highest BCUT2D eigenvalue weighted by molar-refractivity contribution is 5.77. The minimum absolute atomic E-state index is 0.0651. The number of para-hydroxylation sites is 2. The van der Waals surface area contributed by atoms with Gasteiger partial charge in [0.25, 0.3) is 5.56 Å². The monoisotopic (exact) mass is 311 g/mol. The van der Waals surface area contributed by atoms with Gasteiger partial charge in [0.1, 0.15) is 12.4 Å². The van der Waals surface area contributed by atoms with Gasteiger partial charge in [-0.15, -0.1) is 0 Å². The van der Waals surface area contributed by atoms with E-state index >= 15 is 0 Å². The van der Waals surface area contributed by atoms with Crippen LogP contribution in [0.5, 0.6) is 5.75 Å². The maximum Gasteiger partial charge on any atom is 0.313 e. The smallest absolute Gasteiger partial charge is 0.313 e. The molecule has 1 N–H and O–H groups in total. The largest absolute Gasteiger partial charge is 0.479 e. The van der Waals surface area contributed by atoms with Crippen molar-refractivity contribution in [3.63, 3.8) is 0 Å². The average molecular weight is 311 g/mol. The lowest BCUT2D eigenvalue weighted by Gasteiger charge is -2.08. The number of H-pyrrole nitrogens is 1. The number of fused-ring (bicyclic) bond motifs is 1. The molecule has 0 saturated heterocycles. The summed E-state index contributed by atoms with van der Waals surface area (Å²) in [6.45, 7) is 1.57. The van der Waals surface area contributed by atoms with E-state index in [4.69, 9.17) is 4.74 Å². The number of nitro groups is 1. The molecule has 0 atom stereocenters. The predicted molar refractivity (Wildman–Crippen MR) is 84.5 cm³/mol. The number of nitro benzene ring substituents is 1. The first-order valence-corrected chi connectivity index (χ1v) is 6.91. The van der Waals surface area contributed by atoms with Crippen molar-refractivity contribution in [3.05, 3.63) is 74.3 Å². The molecular formula is C16H13N3O4. The van der Waals surface area contributed by atoms with Gasteiger partial charge in [-0.3, -0.25) is 14.9 Å². The molecule has 0 spiro atoms. The van der Waals surface area contributed by atoms with Gasteiger partial charge in [0, 0.05) is 5.56 Å². The number of rotatable bonds is 4. The lowest BCUT2D eigenvalue weighted by atomic mass is 10.2. The fraction of sp³-hybridized carbons (Fsp3) is 0.125. The number of benzene rings is 2. The van der Waals surface area contributed by atoms with Crippen molar-refractivity contribution in [1.29, 1.82) is 0 Å². The van der Waals surface area contributed by atoms with Gasteiger partial charge in [0.2, 0.25) is 0 Å². The second-order valence-electron chi connectivity index (χ2n) is 5.00. The highest BCUT2D eigenvalue weighted by atomic mass is 16.6. The highest BCUT2D eigenvalue weighted by Gasteiger charge is 2.18. The van der Waals surface area contributed by atoms with E-state index in [0.717, 1.165) is 0 Å². The second kappa shape index (κ2) is 5.88. The molecule has 0 fully saturated rings. The van der Waals surface area contributed by atoms with Gasteiger partial charge >= 0.3 is 5.69 Å². The third-order valence-corrected chi connectivity index (χ3v) is 3.41. The molecule has 0 saturated carbocycles. The number of hydrogen-bond acceptors (Lipinski definition) is 5. The van der Waals surface area contributed by atoms with Gasteiger partial charge < -0.3 is 9.72 Å². The van der Waals surface area contributed by atoms with Crippen LogP contribution in [-0.4, -0.2) is 14.9 Å². The average Bonchev–Trinajstić information content (AvgIpc) is 2.52. The number of hydrogen-bond donors (Lipinski definition) is 1. The zero-order valence-electron chi connectivity index (χ0n) is 12.3. The van der Waals surface area contributed by atoms with Crippen molar-refractivity contribution in [2.24, 2.45) is 0 Å². The van der Waals surface area contributed by atoms with Gasteiger partial charge in [-0.2, -0.15) is 0 Å². The van der Waals surface area contributed by atoms with E-state index in [1.807, 2.05) is 0 Å².